The van der Waals surface area contributed by atoms with E-state index in [1.807, 2.05) is 19.9 Å². The van der Waals surface area contributed by atoms with Crippen molar-refractivity contribution in [1.82, 2.24) is 14.7 Å². The van der Waals surface area contributed by atoms with Gasteiger partial charge in [-0.15, -0.1) is 11.3 Å². The maximum Gasteiger partial charge on any atom is 0.283 e. The number of nitrogens with zero attached hydrogens (tertiary/aromatic N) is 3. The molecule has 9 nitrogen and oxygen atoms in total. The lowest BCUT2D eigenvalue weighted by Crippen LogP contribution is -2.51. The number of carbonyl (C=O) groups is 1. The molecule has 1 heterocycles. The zero-order valence-electron chi connectivity index (χ0n) is 17.1. The lowest BCUT2D eigenvalue weighted by Gasteiger charge is -2.23. The first-order valence-corrected chi connectivity index (χ1v) is 11.0. The summed E-state index contributed by atoms with van der Waals surface area (Å²) in [6.45, 7) is 3.76. The number of aliphatic imine (C=N–C) groups is 1. The van der Waals surface area contributed by atoms with Crippen LogP contribution in [-0.2, 0) is 10.0 Å². The molecule has 0 bridgehead atoms. The lowest BCUT2D eigenvalue weighted by molar-refractivity contribution is 0.0720. The molecule has 0 unspecified atom stereocenters. The minimum absolute atomic E-state index is 0.0596. The summed E-state index contributed by atoms with van der Waals surface area (Å²) < 4.78 is 25.5. The minimum Gasteiger partial charge on any atom is -0.325 e. The Morgan fingerprint density at radius 3 is 2.28 bits per heavy atom. The second kappa shape index (κ2) is 9.35. The van der Waals surface area contributed by atoms with Crippen LogP contribution in [-0.4, -0.2) is 57.4 Å². The van der Waals surface area contributed by atoms with Gasteiger partial charge >= 0.3 is 0 Å². The van der Waals surface area contributed by atoms with Crippen molar-refractivity contribution in [1.29, 1.82) is 0 Å². The van der Waals surface area contributed by atoms with Gasteiger partial charge in [-0.3, -0.25) is 15.2 Å². The highest BCUT2D eigenvalue weighted by Gasteiger charge is 2.20. The SMILES string of the molecule is CN=C(Nc1ccc(S(=O)(=O)N(C)C)cc1)NN(CN)C(=O)c1sc(C)cc1C. The van der Waals surface area contributed by atoms with Crippen molar-refractivity contribution < 1.29 is 13.2 Å². The zero-order valence-corrected chi connectivity index (χ0v) is 18.7. The number of amides is 1. The topological polar surface area (TPSA) is 120 Å². The predicted octanol–water partition coefficient (Wildman–Crippen LogP) is 1.58. The summed E-state index contributed by atoms with van der Waals surface area (Å²) in [6.07, 6.45) is 0. The van der Waals surface area contributed by atoms with Crippen molar-refractivity contribution in [3.63, 3.8) is 0 Å². The molecule has 4 N–H and O–H groups in total. The largest absolute Gasteiger partial charge is 0.325 e. The summed E-state index contributed by atoms with van der Waals surface area (Å²) in [5.74, 6) is 0.0384. The number of hydrazine groups is 1. The van der Waals surface area contributed by atoms with Gasteiger partial charge in [0.05, 0.1) is 16.4 Å². The molecule has 1 amide bonds. The molecular formula is C18H26N6O3S2. The molecular weight excluding hydrogens is 412 g/mol. The number of thiophene rings is 1. The van der Waals surface area contributed by atoms with Crippen LogP contribution in [0.25, 0.3) is 0 Å². The molecule has 0 aliphatic carbocycles. The van der Waals surface area contributed by atoms with Crippen LogP contribution in [0.2, 0.25) is 0 Å². The fourth-order valence-electron chi connectivity index (χ4n) is 2.48. The number of benzene rings is 1. The van der Waals surface area contributed by atoms with Crippen molar-refractivity contribution in [2.75, 3.05) is 33.1 Å². The Morgan fingerprint density at radius 1 is 1.21 bits per heavy atom. The third kappa shape index (κ3) is 5.32. The Balaban J connectivity index is 2.13. The van der Waals surface area contributed by atoms with Crippen molar-refractivity contribution in [3.8, 4) is 0 Å². The molecule has 0 fully saturated rings. The van der Waals surface area contributed by atoms with Gasteiger partial charge in [-0.05, 0) is 49.7 Å². The van der Waals surface area contributed by atoms with E-state index >= 15 is 0 Å². The smallest absolute Gasteiger partial charge is 0.283 e. The summed E-state index contributed by atoms with van der Waals surface area (Å²) in [7, 11) is 1.00. The number of aryl methyl sites for hydroxylation is 2. The molecule has 0 saturated carbocycles. The van der Waals surface area contributed by atoms with Crippen LogP contribution in [0.1, 0.15) is 20.1 Å². The van der Waals surface area contributed by atoms with Gasteiger partial charge in [0.15, 0.2) is 0 Å². The maximum atomic E-state index is 12.8. The van der Waals surface area contributed by atoms with Crippen molar-refractivity contribution in [2.24, 2.45) is 10.7 Å². The van der Waals surface area contributed by atoms with Crippen LogP contribution in [0.5, 0.6) is 0 Å². The molecule has 11 heteroatoms. The molecule has 2 rings (SSSR count). The Morgan fingerprint density at radius 2 is 1.83 bits per heavy atom. The molecule has 0 aliphatic heterocycles. The second-order valence-corrected chi connectivity index (χ2v) is 9.81. The standard InChI is InChI=1S/C18H26N6O3S2/c1-12-10-13(2)28-16(12)17(25)24(11-19)22-18(20-3)21-14-6-8-15(9-7-14)29(26,27)23(4)5/h6-10H,11,19H2,1-5H3,(H2,20,21,22). The quantitative estimate of drug-likeness (QED) is 0.282. The molecule has 0 saturated heterocycles. The average Bonchev–Trinajstić information content (AvgIpc) is 3.02. The number of sulfonamides is 1. The first-order chi connectivity index (χ1) is 13.6. The first kappa shape index (κ1) is 22.8. The van der Waals surface area contributed by atoms with Crippen molar-refractivity contribution in [2.45, 2.75) is 18.7 Å². The summed E-state index contributed by atoms with van der Waals surface area (Å²) in [5.41, 5.74) is 10.1. The Bertz CT molecular complexity index is 997. The van der Waals surface area contributed by atoms with E-state index in [2.05, 4.69) is 15.7 Å². The van der Waals surface area contributed by atoms with E-state index in [1.54, 1.807) is 19.2 Å². The van der Waals surface area contributed by atoms with E-state index in [4.69, 9.17) is 5.73 Å². The van der Waals surface area contributed by atoms with Gasteiger partial charge in [-0.25, -0.2) is 17.7 Å². The summed E-state index contributed by atoms with van der Waals surface area (Å²) >= 11 is 1.40. The number of nitrogens with one attached hydrogen (secondary N) is 2. The number of guanidine groups is 1. The van der Waals surface area contributed by atoms with Crippen molar-refractivity contribution >= 4 is 38.9 Å². The van der Waals surface area contributed by atoms with E-state index in [0.717, 1.165) is 14.7 Å². The number of hydrogen-bond acceptors (Lipinski definition) is 6. The predicted molar refractivity (Wildman–Crippen MR) is 116 cm³/mol. The highest BCUT2D eigenvalue weighted by molar-refractivity contribution is 7.89. The maximum absolute atomic E-state index is 12.8. The first-order valence-electron chi connectivity index (χ1n) is 8.72. The van der Waals surface area contributed by atoms with Gasteiger partial charge < -0.3 is 11.1 Å². The molecule has 2 aromatic rings. The number of carbonyl (C=O) groups excluding carboxylic acids is 1. The minimum atomic E-state index is -3.50. The molecule has 158 valence electrons. The van der Waals surface area contributed by atoms with E-state index in [-0.39, 0.29) is 23.4 Å². The van der Waals surface area contributed by atoms with Crippen LogP contribution < -0.4 is 16.5 Å². The van der Waals surface area contributed by atoms with E-state index < -0.39 is 10.0 Å². The fourth-order valence-corrected chi connectivity index (χ4v) is 4.35. The third-order valence-corrected chi connectivity index (χ3v) is 6.99. The molecule has 0 radical (unpaired) electrons. The van der Waals surface area contributed by atoms with Gasteiger partial charge in [0, 0.05) is 31.7 Å². The van der Waals surface area contributed by atoms with E-state index in [1.165, 1.54) is 42.6 Å². The van der Waals surface area contributed by atoms with Gasteiger partial charge in [0.25, 0.3) is 5.91 Å². The zero-order chi connectivity index (χ0) is 21.8. The molecule has 1 aromatic heterocycles. The van der Waals surface area contributed by atoms with Crippen LogP contribution in [0, 0.1) is 13.8 Å². The number of nitrogens with two attached hydrogens (primary N) is 1. The van der Waals surface area contributed by atoms with Crippen LogP contribution in [0.3, 0.4) is 0 Å². The summed E-state index contributed by atoms with van der Waals surface area (Å²) in [6, 6.07) is 8.17. The molecule has 0 spiro atoms. The van der Waals surface area contributed by atoms with Crippen LogP contribution in [0.4, 0.5) is 5.69 Å². The Hall–Kier alpha value is -2.47. The monoisotopic (exact) mass is 438 g/mol. The van der Waals surface area contributed by atoms with Crippen LogP contribution >= 0.6 is 11.3 Å². The van der Waals surface area contributed by atoms with Gasteiger partial charge in [-0.1, -0.05) is 0 Å². The summed E-state index contributed by atoms with van der Waals surface area (Å²) in [5, 5.41) is 4.27. The normalized spacial score (nSPS) is 12.2. The van der Waals surface area contributed by atoms with Gasteiger partial charge in [0.1, 0.15) is 0 Å². The third-order valence-electron chi connectivity index (χ3n) is 4.02. The number of hydrogen-bond donors (Lipinski definition) is 3. The average molecular weight is 439 g/mol. The van der Waals surface area contributed by atoms with Crippen molar-refractivity contribution in [3.05, 3.63) is 45.6 Å². The molecule has 29 heavy (non-hydrogen) atoms. The highest BCUT2D eigenvalue weighted by atomic mass is 32.2. The Labute approximate surface area is 175 Å². The van der Waals surface area contributed by atoms with Crippen LogP contribution in [0.15, 0.2) is 40.2 Å². The van der Waals surface area contributed by atoms with Gasteiger partial charge in [0.2, 0.25) is 16.0 Å². The Kier molecular flexibility index (Phi) is 7.36. The second-order valence-electron chi connectivity index (χ2n) is 6.41. The number of rotatable bonds is 5. The number of anilines is 1. The van der Waals surface area contributed by atoms with Gasteiger partial charge in [-0.2, -0.15) is 0 Å². The lowest BCUT2D eigenvalue weighted by atomic mass is 10.2. The summed E-state index contributed by atoms with van der Waals surface area (Å²) in [4.78, 5) is 18.7. The van der Waals surface area contributed by atoms with E-state index in [0.29, 0.717) is 10.6 Å². The molecule has 0 atom stereocenters. The van der Waals surface area contributed by atoms with E-state index in [9.17, 15) is 13.2 Å². The molecule has 1 aromatic carbocycles. The highest BCUT2D eigenvalue weighted by Crippen LogP contribution is 2.22. The fraction of sp³-hybridized carbons (Fsp3) is 0.333. The molecule has 0 aliphatic rings.